The molecule has 1 aromatic carbocycles. The third-order valence-corrected chi connectivity index (χ3v) is 7.68. The van der Waals surface area contributed by atoms with Gasteiger partial charge in [-0.15, -0.1) is 11.3 Å². The van der Waals surface area contributed by atoms with E-state index in [2.05, 4.69) is 33.6 Å². The molecule has 1 aliphatic carbocycles. The smallest absolute Gasteiger partial charge is 0.137 e. The number of aromatic nitrogens is 1. The Labute approximate surface area is 175 Å². The summed E-state index contributed by atoms with van der Waals surface area (Å²) >= 11 is 1.78. The molecule has 0 saturated heterocycles. The summed E-state index contributed by atoms with van der Waals surface area (Å²) in [5.74, 6) is 1.39. The average molecular weight is 411 g/mol. The number of methoxy groups -OCH3 is 1. The summed E-state index contributed by atoms with van der Waals surface area (Å²) < 4.78 is 19.2. The van der Waals surface area contributed by atoms with Crippen molar-refractivity contribution < 1.29 is 9.13 Å². The van der Waals surface area contributed by atoms with Gasteiger partial charge in [-0.1, -0.05) is 6.08 Å². The molecule has 1 fully saturated rings. The first-order valence-electron chi connectivity index (χ1n) is 10.5. The molecule has 1 N–H and O–H groups in total. The quantitative estimate of drug-likeness (QED) is 0.555. The summed E-state index contributed by atoms with van der Waals surface area (Å²) in [4.78, 5) is 7.26. The van der Waals surface area contributed by atoms with Crippen LogP contribution in [0.1, 0.15) is 48.5 Å². The number of nitrogens with zero attached hydrogens (tertiary/aromatic N) is 1. The van der Waals surface area contributed by atoms with Crippen LogP contribution in [0.15, 0.2) is 41.9 Å². The number of hydrogen-bond donors (Lipinski definition) is 1. The highest BCUT2D eigenvalue weighted by atomic mass is 32.1. The molecule has 0 atom stereocenters. The lowest BCUT2D eigenvalue weighted by Crippen LogP contribution is -2.40. The first-order valence-corrected chi connectivity index (χ1v) is 11.4. The topological polar surface area (TPSA) is 28.3 Å². The van der Waals surface area contributed by atoms with Crippen LogP contribution in [0.25, 0.3) is 16.5 Å². The summed E-state index contributed by atoms with van der Waals surface area (Å²) in [5.41, 5.74) is 3.77. The fraction of sp³-hybridized carbons (Fsp3) is 0.417. The van der Waals surface area contributed by atoms with Crippen LogP contribution < -0.4 is 4.74 Å². The van der Waals surface area contributed by atoms with Gasteiger partial charge >= 0.3 is 0 Å². The highest BCUT2D eigenvalue weighted by Crippen LogP contribution is 2.40. The van der Waals surface area contributed by atoms with Crippen molar-refractivity contribution in [3.8, 4) is 5.75 Å². The predicted molar refractivity (Wildman–Crippen MR) is 118 cm³/mol. The summed E-state index contributed by atoms with van der Waals surface area (Å²) in [7, 11) is 1.75. The van der Waals surface area contributed by atoms with E-state index in [-0.39, 0.29) is 5.82 Å². The molecule has 3 heterocycles. The lowest BCUT2D eigenvalue weighted by molar-refractivity contribution is 0.163. The van der Waals surface area contributed by atoms with E-state index < -0.39 is 0 Å². The van der Waals surface area contributed by atoms with Crippen molar-refractivity contribution in [2.45, 2.75) is 44.1 Å². The lowest BCUT2D eigenvalue weighted by Gasteiger charge is -2.38. The molecule has 29 heavy (non-hydrogen) atoms. The number of thiophene rings is 1. The standard InChI is InChI=1S/C24H27FN2OS/c1-28-23-10-13-29-24(23)17-8-11-27(12-9-17)19-5-2-16(3-6-19)21-15-26-22-7-4-18(25)14-20(21)22/h4,7-8,10,13-16,19,26H,2-3,5-6,9,11-12H2,1H3. The van der Waals surface area contributed by atoms with Gasteiger partial charge in [-0.05, 0) is 78.8 Å². The van der Waals surface area contributed by atoms with Crippen LogP contribution in [0.4, 0.5) is 4.39 Å². The monoisotopic (exact) mass is 410 g/mol. The first-order chi connectivity index (χ1) is 14.2. The highest BCUT2D eigenvalue weighted by molar-refractivity contribution is 7.11. The van der Waals surface area contributed by atoms with E-state index >= 15 is 0 Å². The van der Waals surface area contributed by atoms with Gasteiger partial charge in [-0.25, -0.2) is 4.39 Å². The van der Waals surface area contributed by atoms with Gasteiger partial charge in [0.2, 0.25) is 0 Å². The molecular formula is C24H27FN2OS. The average Bonchev–Trinajstić information content (AvgIpc) is 3.40. The number of ether oxygens (including phenoxy) is 1. The van der Waals surface area contributed by atoms with Gasteiger partial charge in [0.1, 0.15) is 11.6 Å². The second kappa shape index (κ2) is 7.96. The zero-order valence-corrected chi connectivity index (χ0v) is 17.6. The molecule has 0 bridgehead atoms. The Morgan fingerprint density at radius 2 is 2.03 bits per heavy atom. The minimum Gasteiger partial charge on any atom is -0.495 e. The summed E-state index contributed by atoms with van der Waals surface area (Å²) in [6.45, 7) is 2.16. The van der Waals surface area contributed by atoms with E-state index in [1.54, 1.807) is 24.5 Å². The van der Waals surface area contributed by atoms with Crippen LogP contribution in [0.2, 0.25) is 0 Å². The maximum Gasteiger partial charge on any atom is 0.137 e. The Hall–Kier alpha value is -2.11. The molecule has 0 amide bonds. The van der Waals surface area contributed by atoms with Gasteiger partial charge in [0.15, 0.2) is 0 Å². The van der Waals surface area contributed by atoms with E-state index in [0.717, 1.165) is 36.2 Å². The third kappa shape index (κ3) is 3.62. The minimum atomic E-state index is -0.148. The van der Waals surface area contributed by atoms with Gasteiger partial charge in [0.25, 0.3) is 0 Å². The number of H-pyrrole nitrogens is 1. The van der Waals surface area contributed by atoms with Gasteiger partial charge in [-0.3, -0.25) is 4.90 Å². The number of aromatic amines is 1. The van der Waals surface area contributed by atoms with Crippen molar-refractivity contribution in [2.24, 2.45) is 0 Å². The minimum absolute atomic E-state index is 0.148. The zero-order valence-electron chi connectivity index (χ0n) is 16.8. The molecule has 1 aliphatic heterocycles. The third-order valence-electron chi connectivity index (χ3n) is 6.71. The second-order valence-electron chi connectivity index (χ2n) is 8.23. The number of hydrogen-bond acceptors (Lipinski definition) is 3. The number of fused-ring (bicyclic) bond motifs is 1. The molecule has 0 radical (unpaired) electrons. The van der Waals surface area contributed by atoms with E-state index in [1.807, 2.05) is 6.07 Å². The number of nitrogens with one attached hydrogen (secondary N) is 1. The maximum absolute atomic E-state index is 13.7. The van der Waals surface area contributed by atoms with Gasteiger partial charge < -0.3 is 9.72 Å². The van der Waals surface area contributed by atoms with Crippen LogP contribution in [0.3, 0.4) is 0 Å². The van der Waals surface area contributed by atoms with E-state index in [1.165, 1.54) is 47.8 Å². The van der Waals surface area contributed by atoms with Crippen molar-refractivity contribution in [1.29, 1.82) is 0 Å². The fourth-order valence-corrected chi connectivity index (χ4v) is 6.05. The van der Waals surface area contributed by atoms with E-state index in [0.29, 0.717) is 12.0 Å². The Balaban J connectivity index is 1.23. The number of halogens is 1. The Bertz CT molecular complexity index is 1030. The highest BCUT2D eigenvalue weighted by Gasteiger charge is 2.29. The molecule has 0 unspecified atom stereocenters. The lowest BCUT2D eigenvalue weighted by atomic mass is 9.81. The summed E-state index contributed by atoms with van der Waals surface area (Å²) in [6, 6.07) is 7.79. The first kappa shape index (κ1) is 18.9. The molecule has 152 valence electrons. The predicted octanol–water partition coefficient (Wildman–Crippen LogP) is 6.19. The van der Waals surface area contributed by atoms with Crippen LogP contribution in [-0.4, -0.2) is 36.1 Å². The molecular weight excluding hydrogens is 383 g/mol. The SMILES string of the molecule is COc1ccsc1C1=CCN(C2CCC(c3c[nH]c4ccc(F)cc34)CC2)CC1. The van der Waals surface area contributed by atoms with Gasteiger partial charge in [0, 0.05) is 36.2 Å². The molecule has 3 aromatic rings. The molecule has 0 spiro atoms. The fourth-order valence-electron chi connectivity index (χ4n) is 5.12. The van der Waals surface area contributed by atoms with Crippen molar-refractivity contribution in [1.82, 2.24) is 9.88 Å². The molecule has 5 rings (SSSR count). The largest absolute Gasteiger partial charge is 0.495 e. The Morgan fingerprint density at radius 3 is 2.79 bits per heavy atom. The number of rotatable bonds is 4. The van der Waals surface area contributed by atoms with Crippen molar-refractivity contribution >= 4 is 27.8 Å². The Kier molecular flexibility index (Phi) is 5.18. The van der Waals surface area contributed by atoms with Crippen LogP contribution in [0, 0.1) is 5.82 Å². The van der Waals surface area contributed by atoms with Crippen LogP contribution >= 0.6 is 11.3 Å². The van der Waals surface area contributed by atoms with Crippen molar-refractivity contribution in [3.63, 3.8) is 0 Å². The molecule has 2 aliphatic rings. The molecule has 1 saturated carbocycles. The van der Waals surface area contributed by atoms with Gasteiger partial charge in [0.05, 0.1) is 12.0 Å². The molecule has 3 nitrogen and oxygen atoms in total. The Morgan fingerprint density at radius 1 is 1.17 bits per heavy atom. The zero-order chi connectivity index (χ0) is 19.8. The van der Waals surface area contributed by atoms with Crippen molar-refractivity contribution in [2.75, 3.05) is 20.2 Å². The van der Waals surface area contributed by atoms with Crippen molar-refractivity contribution in [3.05, 3.63) is 58.2 Å². The molecule has 5 heteroatoms. The van der Waals surface area contributed by atoms with Crippen LogP contribution in [-0.2, 0) is 0 Å². The molecule has 2 aromatic heterocycles. The van der Waals surface area contributed by atoms with Crippen LogP contribution in [0.5, 0.6) is 5.75 Å². The van der Waals surface area contributed by atoms with Gasteiger partial charge in [-0.2, -0.15) is 0 Å². The number of benzene rings is 1. The summed E-state index contributed by atoms with van der Waals surface area (Å²) in [5, 5.41) is 3.17. The normalized spacial score (nSPS) is 23.3. The summed E-state index contributed by atoms with van der Waals surface area (Å²) in [6.07, 6.45) is 10.4. The second-order valence-corrected chi connectivity index (χ2v) is 9.15. The van der Waals surface area contributed by atoms with E-state index in [9.17, 15) is 4.39 Å². The van der Waals surface area contributed by atoms with E-state index in [4.69, 9.17) is 4.74 Å². The maximum atomic E-state index is 13.7.